The molecule has 0 saturated heterocycles. The van der Waals surface area contributed by atoms with Crippen molar-refractivity contribution in [2.24, 2.45) is 10.8 Å². The molecule has 1 N–H and O–H groups in total. The van der Waals surface area contributed by atoms with Gasteiger partial charge in [-0.05, 0) is 52.8 Å². The van der Waals surface area contributed by atoms with Gasteiger partial charge in [-0.1, -0.05) is 60.7 Å². The molecule has 0 aliphatic heterocycles. The van der Waals surface area contributed by atoms with Crippen LogP contribution in [0.2, 0.25) is 0 Å². The van der Waals surface area contributed by atoms with Crippen molar-refractivity contribution in [3.63, 3.8) is 0 Å². The Morgan fingerprint density at radius 3 is 1.62 bits per heavy atom. The molecule has 0 spiro atoms. The van der Waals surface area contributed by atoms with Gasteiger partial charge in [0.05, 0.1) is 17.4 Å². The lowest BCUT2D eigenvalue weighted by Crippen LogP contribution is -2.41. The van der Waals surface area contributed by atoms with E-state index in [9.17, 15) is 19.2 Å². The van der Waals surface area contributed by atoms with Gasteiger partial charge in [0.15, 0.2) is 0 Å². The first-order valence-electron chi connectivity index (χ1n) is 13.3. The first-order valence-corrected chi connectivity index (χ1v) is 13.3. The second kappa shape index (κ2) is 17.1. The van der Waals surface area contributed by atoms with E-state index >= 15 is 0 Å². The van der Waals surface area contributed by atoms with Crippen molar-refractivity contribution in [3.05, 3.63) is 71.8 Å². The Hall–Kier alpha value is -3.72. The van der Waals surface area contributed by atoms with Crippen LogP contribution in [0.1, 0.15) is 52.2 Å². The number of benzene rings is 2. The van der Waals surface area contributed by atoms with Crippen molar-refractivity contribution < 1.29 is 33.4 Å². The summed E-state index contributed by atoms with van der Waals surface area (Å²) in [4.78, 5) is 48.7. The molecule has 0 unspecified atom stereocenters. The summed E-state index contributed by atoms with van der Waals surface area (Å²) in [5, 5.41) is 2.99. The molecular weight excluding hydrogens is 512 g/mol. The van der Waals surface area contributed by atoms with Crippen LogP contribution in [-0.2, 0) is 46.6 Å². The highest BCUT2D eigenvalue weighted by Gasteiger charge is 2.33. The van der Waals surface area contributed by atoms with Crippen molar-refractivity contribution in [2.45, 2.75) is 54.3 Å². The number of carbonyl (C=O) groups is 4. The molecule has 0 aromatic heterocycles. The van der Waals surface area contributed by atoms with Crippen LogP contribution in [0.5, 0.6) is 0 Å². The molecule has 9 nitrogen and oxygen atoms in total. The summed E-state index contributed by atoms with van der Waals surface area (Å²) in [7, 11) is 3.38. The van der Waals surface area contributed by atoms with Gasteiger partial charge in [-0.2, -0.15) is 0 Å². The van der Waals surface area contributed by atoms with E-state index in [1.165, 1.54) is 4.90 Å². The standard InChI is InChI=1S/C18H25NO5.C13H19NO2/c1-5-23-16(21)11-15(20)19(4)13-18(2,3)17(22)24-12-14-9-7-6-8-10-14;1-13(2,10-14-3)12(15)16-9-11-7-5-4-6-8-11/h6-10H,5,11-13H2,1-4H3;4-8,14H,9-10H2,1-3H3. The predicted octanol–water partition coefficient (Wildman–Crippen LogP) is 4.14. The summed E-state index contributed by atoms with van der Waals surface area (Å²) in [6, 6.07) is 19.1. The second-order valence-electron chi connectivity index (χ2n) is 10.7. The third-order valence-corrected chi connectivity index (χ3v) is 5.81. The smallest absolute Gasteiger partial charge is 0.315 e. The van der Waals surface area contributed by atoms with Gasteiger partial charge in [0.1, 0.15) is 19.6 Å². The Balaban J connectivity index is 0.000000433. The Kier molecular flexibility index (Phi) is 14.6. The molecular formula is C31H44N2O7. The van der Waals surface area contributed by atoms with Crippen LogP contribution >= 0.6 is 0 Å². The lowest BCUT2D eigenvalue weighted by atomic mass is 9.93. The fraction of sp³-hybridized carbons (Fsp3) is 0.484. The molecule has 0 aliphatic rings. The molecule has 2 aromatic carbocycles. The first-order chi connectivity index (χ1) is 18.8. The van der Waals surface area contributed by atoms with E-state index in [0.29, 0.717) is 13.2 Å². The van der Waals surface area contributed by atoms with Crippen LogP contribution in [-0.4, -0.2) is 62.5 Å². The zero-order valence-electron chi connectivity index (χ0n) is 24.8. The molecule has 40 heavy (non-hydrogen) atoms. The Bertz CT molecular complexity index is 1070. The monoisotopic (exact) mass is 556 g/mol. The topological polar surface area (TPSA) is 111 Å². The van der Waals surface area contributed by atoms with Gasteiger partial charge in [0, 0.05) is 20.1 Å². The number of nitrogens with zero attached hydrogens (tertiary/aromatic N) is 1. The molecule has 0 saturated carbocycles. The Morgan fingerprint density at radius 2 is 1.20 bits per heavy atom. The van der Waals surface area contributed by atoms with Crippen LogP contribution < -0.4 is 5.32 Å². The highest BCUT2D eigenvalue weighted by molar-refractivity contribution is 5.94. The predicted molar refractivity (Wildman–Crippen MR) is 153 cm³/mol. The number of rotatable bonds is 13. The minimum atomic E-state index is -0.881. The third-order valence-electron chi connectivity index (χ3n) is 5.81. The normalized spacial score (nSPS) is 11.0. The zero-order valence-corrected chi connectivity index (χ0v) is 24.8. The summed E-state index contributed by atoms with van der Waals surface area (Å²) in [6.45, 7) is 10.3. The SMILES string of the molecule is CCOC(=O)CC(=O)N(C)CC(C)(C)C(=O)OCc1ccccc1.CNCC(C)(C)C(=O)OCc1ccccc1. The highest BCUT2D eigenvalue weighted by atomic mass is 16.5. The van der Waals surface area contributed by atoms with E-state index in [1.54, 1.807) is 27.8 Å². The largest absolute Gasteiger partial charge is 0.466 e. The Morgan fingerprint density at radius 1 is 0.750 bits per heavy atom. The zero-order chi connectivity index (χ0) is 30.2. The van der Waals surface area contributed by atoms with Crippen molar-refractivity contribution >= 4 is 23.8 Å². The van der Waals surface area contributed by atoms with E-state index in [1.807, 2.05) is 81.6 Å². The first kappa shape index (κ1) is 34.3. The lowest BCUT2D eigenvalue weighted by Gasteiger charge is -2.28. The van der Waals surface area contributed by atoms with Gasteiger partial charge >= 0.3 is 17.9 Å². The van der Waals surface area contributed by atoms with E-state index < -0.39 is 28.7 Å². The number of carbonyl (C=O) groups excluding carboxylic acids is 4. The number of nitrogens with one attached hydrogen (secondary N) is 1. The van der Waals surface area contributed by atoms with Crippen molar-refractivity contribution in [1.29, 1.82) is 0 Å². The molecule has 0 atom stereocenters. The van der Waals surface area contributed by atoms with Crippen LogP contribution in [0, 0.1) is 10.8 Å². The fourth-order valence-electron chi connectivity index (χ4n) is 3.57. The van der Waals surface area contributed by atoms with Crippen LogP contribution in [0.15, 0.2) is 60.7 Å². The van der Waals surface area contributed by atoms with Crippen LogP contribution in [0.4, 0.5) is 0 Å². The van der Waals surface area contributed by atoms with Crippen molar-refractivity contribution in [3.8, 4) is 0 Å². The molecule has 220 valence electrons. The average molecular weight is 557 g/mol. The molecule has 0 bridgehead atoms. The van der Waals surface area contributed by atoms with Crippen LogP contribution in [0.25, 0.3) is 0 Å². The van der Waals surface area contributed by atoms with Crippen molar-refractivity contribution in [1.82, 2.24) is 10.2 Å². The summed E-state index contributed by atoms with van der Waals surface area (Å²) in [5.41, 5.74) is 0.543. The van der Waals surface area contributed by atoms with E-state index in [-0.39, 0.29) is 32.1 Å². The van der Waals surface area contributed by atoms with Crippen LogP contribution in [0.3, 0.4) is 0 Å². The molecule has 0 radical (unpaired) electrons. The minimum Gasteiger partial charge on any atom is -0.466 e. The third kappa shape index (κ3) is 12.9. The van der Waals surface area contributed by atoms with E-state index in [0.717, 1.165) is 11.1 Å². The number of ether oxygens (including phenoxy) is 3. The van der Waals surface area contributed by atoms with Gasteiger partial charge in [-0.3, -0.25) is 19.2 Å². The van der Waals surface area contributed by atoms with Gasteiger partial charge in [-0.15, -0.1) is 0 Å². The van der Waals surface area contributed by atoms with Gasteiger partial charge in [0.2, 0.25) is 5.91 Å². The fourth-order valence-corrected chi connectivity index (χ4v) is 3.57. The van der Waals surface area contributed by atoms with E-state index in [2.05, 4.69) is 5.32 Å². The molecule has 2 rings (SSSR count). The molecule has 0 heterocycles. The number of amides is 1. The van der Waals surface area contributed by atoms with E-state index in [4.69, 9.17) is 14.2 Å². The summed E-state index contributed by atoms with van der Waals surface area (Å²) in [5.74, 6) is -1.54. The maximum Gasteiger partial charge on any atom is 0.315 e. The average Bonchev–Trinajstić information content (AvgIpc) is 2.91. The second-order valence-corrected chi connectivity index (χ2v) is 10.7. The summed E-state index contributed by atoms with van der Waals surface area (Å²) < 4.78 is 15.3. The van der Waals surface area contributed by atoms with Crippen molar-refractivity contribution in [2.75, 3.05) is 33.8 Å². The summed E-state index contributed by atoms with van der Waals surface area (Å²) >= 11 is 0. The quantitative estimate of drug-likeness (QED) is 0.223. The molecule has 2 aromatic rings. The maximum atomic E-state index is 12.3. The molecule has 9 heteroatoms. The molecule has 0 aliphatic carbocycles. The lowest BCUT2D eigenvalue weighted by molar-refractivity contribution is -0.157. The molecule has 1 amide bonds. The van der Waals surface area contributed by atoms with Gasteiger partial charge < -0.3 is 24.4 Å². The minimum absolute atomic E-state index is 0.152. The maximum absolute atomic E-state index is 12.3. The van der Waals surface area contributed by atoms with Gasteiger partial charge in [-0.25, -0.2) is 0 Å². The van der Waals surface area contributed by atoms with Gasteiger partial charge in [0.25, 0.3) is 0 Å². The summed E-state index contributed by atoms with van der Waals surface area (Å²) in [6.07, 6.45) is -0.334. The number of esters is 3. The highest BCUT2D eigenvalue weighted by Crippen LogP contribution is 2.20. The number of hydrogen-bond donors (Lipinski definition) is 1. The molecule has 0 fully saturated rings. The Labute approximate surface area is 238 Å². The number of hydrogen-bond acceptors (Lipinski definition) is 8.